The maximum atomic E-state index is 11.0. The van der Waals surface area contributed by atoms with Crippen LogP contribution in [0.2, 0.25) is 10.0 Å². The number of rotatable bonds is 4. The van der Waals surface area contributed by atoms with Gasteiger partial charge in [-0.15, -0.1) is 0 Å². The van der Waals surface area contributed by atoms with E-state index in [2.05, 4.69) is 0 Å². The Morgan fingerprint density at radius 1 is 1.14 bits per heavy atom. The summed E-state index contributed by atoms with van der Waals surface area (Å²) < 4.78 is 5.49. The van der Waals surface area contributed by atoms with Crippen molar-refractivity contribution < 1.29 is 9.66 Å². The lowest BCUT2D eigenvalue weighted by Gasteiger charge is -2.11. The van der Waals surface area contributed by atoms with E-state index in [1.807, 2.05) is 0 Å². The Hall–Kier alpha value is -2.31. The van der Waals surface area contributed by atoms with Gasteiger partial charge in [-0.1, -0.05) is 23.2 Å². The molecule has 0 aromatic heterocycles. The predicted molar refractivity (Wildman–Crippen MR) is 80.6 cm³/mol. The summed E-state index contributed by atoms with van der Waals surface area (Å²) in [5, 5.41) is 19.1. The number of benzene rings is 2. The largest absolute Gasteiger partial charge is 0.449 e. The van der Waals surface area contributed by atoms with Crippen molar-refractivity contribution in [1.82, 2.24) is 0 Å². The van der Waals surface area contributed by atoms with E-state index < -0.39 is 4.92 Å². The molecule has 2 aromatic carbocycles. The molecule has 0 heterocycles. The van der Waals surface area contributed by atoms with Crippen molar-refractivity contribution in [3.8, 4) is 11.5 Å². The highest BCUT2D eigenvalue weighted by Gasteiger charge is 2.18. The van der Waals surface area contributed by atoms with Crippen LogP contribution < -0.4 is 10.5 Å². The molecule has 0 amide bonds. The Morgan fingerprint density at radius 3 is 2.29 bits per heavy atom. The third-order valence-electron chi connectivity index (χ3n) is 2.57. The lowest BCUT2D eigenvalue weighted by atomic mass is 10.2. The number of amidine groups is 1. The Labute approximate surface area is 129 Å². The smallest absolute Gasteiger partial charge is 0.313 e. The van der Waals surface area contributed by atoms with Gasteiger partial charge in [-0.2, -0.15) is 0 Å². The molecular weight excluding hydrogens is 317 g/mol. The molecule has 0 fully saturated rings. The van der Waals surface area contributed by atoms with E-state index >= 15 is 0 Å². The highest BCUT2D eigenvalue weighted by atomic mass is 35.5. The van der Waals surface area contributed by atoms with Crippen LogP contribution >= 0.6 is 23.2 Å². The number of nitrogens with zero attached hydrogens (tertiary/aromatic N) is 1. The fraction of sp³-hybridized carbons (Fsp3) is 0. The fourth-order valence-electron chi connectivity index (χ4n) is 1.64. The third-order valence-corrected chi connectivity index (χ3v) is 3.04. The number of nitrogens with one attached hydrogen (secondary N) is 1. The van der Waals surface area contributed by atoms with Crippen molar-refractivity contribution in [3.63, 3.8) is 0 Å². The topological polar surface area (TPSA) is 102 Å². The zero-order valence-electron chi connectivity index (χ0n) is 10.5. The second-order valence-electron chi connectivity index (χ2n) is 4.03. The summed E-state index contributed by atoms with van der Waals surface area (Å²) in [5.74, 6) is -0.0735. The number of nitrogen functional groups attached to an aromatic ring is 1. The number of nitrogens with two attached hydrogens (primary N) is 1. The molecule has 108 valence electrons. The van der Waals surface area contributed by atoms with Gasteiger partial charge < -0.3 is 10.5 Å². The van der Waals surface area contributed by atoms with Gasteiger partial charge in [0.15, 0.2) is 0 Å². The van der Waals surface area contributed by atoms with Crippen LogP contribution in [-0.2, 0) is 0 Å². The Bertz CT molecular complexity index is 673. The molecule has 21 heavy (non-hydrogen) atoms. The van der Waals surface area contributed by atoms with Crippen LogP contribution in [0, 0.1) is 15.5 Å². The summed E-state index contributed by atoms with van der Waals surface area (Å²) in [4.78, 5) is 10.4. The fourth-order valence-corrected chi connectivity index (χ4v) is 1.98. The van der Waals surface area contributed by atoms with E-state index in [4.69, 9.17) is 39.1 Å². The minimum absolute atomic E-state index is 0.00535. The second kappa shape index (κ2) is 5.99. The molecule has 0 spiro atoms. The molecule has 0 saturated heterocycles. The van der Waals surface area contributed by atoms with Crippen molar-refractivity contribution in [3.05, 3.63) is 62.1 Å². The number of hydrogen-bond acceptors (Lipinski definition) is 4. The molecule has 8 heteroatoms. The molecule has 0 aliphatic carbocycles. The van der Waals surface area contributed by atoms with Crippen LogP contribution in [0.15, 0.2) is 36.4 Å². The van der Waals surface area contributed by atoms with Gasteiger partial charge >= 0.3 is 5.69 Å². The molecule has 0 saturated carbocycles. The summed E-state index contributed by atoms with van der Waals surface area (Å²) in [6, 6.07) is 8.48. The van der Waals surface area contributed by atoms with Gasteiger partial charge in [0.05, 0.1) is 10.5 Å². The van der Waals surface area contributed by atoms with Gasteiger partial charge in [0.25, 0.3) is 0 Å². The summed E-state index contributed by atoms with van der Waals surface area (Å²) in [5.41, 5.74) is 5.41. The van der Waals surface area contributed by atoms with Crippen molar-refractivity contribution in [2.24, 2.45) is 5.73 Å². The maximum Gasteiger partial charge on any atom is 0.313 e. The average molecular weight is 326 g/mol. The molecule has 0 atom stereocenters. The number of ether oxygens (including phenoxy) is 1. The molecule has 0 radical (unpaired) electrons. The number of hydrogen-bond donors (Lipinski definition) is 2. The monoisotopic (exact) mass is 325 g/mol. The van der Waals surface area contributed by atoms with Crippen molar-refractivity contribution in [1.29, 1.82) is 5.41 Å². The second-order valence-corrected chi connectivity index (χ2v) is 4.90. The molecule has 2 aromatic rings. The van der Waals surface area contributed by atoms with Crippen molar-refractivity contribution in [2.75, 3.05) is 0 Å². The van der Waals surface area contributed by atoms with Crippen LogP contribution in [0.1, 0.15) is 5.56 Å². The molecule has 0 unspecified atom stereocenters. The summed E-state index contributed by atoms with van der Waals surface area (Å²) in [6.07, 6.45) is 0. The quantitative estimate of drug-likeness (QED) is 0.384. The average Bonchev–Trinajstić information content (AvgIpc) is 2.42. The standard InChI is InChI=1S/C13H9Cl2N3O3/c14-7-1-3-11(9(5-7)13(16)17)21-12-4-2-8(15)6-10(12)18(19)20/h1-6H,(H3,16,17). The summed E-state index contributed by atoms with van der Waals surface area (Å²) >= 11 is 11.6. The van der Waals surface area contributed by atoms with Crippen LogP contribution in [0.25, 0.3) is 0 Å². The van der Waals surface area contributed by atoms with Gasteiger partial charge in [0.2, 0.25) is 5.75 Å². The minimum atomic E-state index is -0.607. The first-order chi connectivity index (χ1) is 9.88. The van der Waals surface area contributed by atoms with E-state index in [9.17, 15) is 10.1 Å². The molecular formula is C13H9Cl2N3O3. The lowest BCUT2D eigenvalue weighted by Crippen LogP contribution is -2.12. The SMILES string of the molecule is N=C(N)c1cc(Cl)ccc1Oc1ccc(Cl)cc1[N+](=O)[O-]. The molecule has 3 N–H and O–H groups in total. The van der Waals surface area contributed by atoms with E-state index in [0.29, 0.717) is 5.02 Å². The first-order valence-corrected chi connectivity index (χ1v) is 6.40. The highest BCUT2D eigenvalue weighted by Crippen LogP contribution is 2.35. The Kier molecular flexibility index (Phi) is 4.30. The van der Waals surface area contributed by atoms with Gasteiger partial charge in [-0.25, -0.2) is 0 Å². The summed E-state index contributed by atoms with van der Waals surface area (Å²) in [7, 11) is 0. The summed E-state index contributed by atoms with van der Waals surface area (Å²) in [6.45, 7) is 0. The van der Waals surface area contributed by atoms with Crippen LogP contribution in [-0.4, -0.2) is 10.8 Å². The maximum absolute atomic E-state index is 11.0. The van der Waals surface area contributed by atoms with Gasteiger partial charge in [-0.3, -0.25) is 15.5 Å². The minimum Gasteiger partial charge on any atom is -0.449 e. The highest BCUT2D eigenvalue weighted by molar-refractivity contribution is 6.31. The molecule has 0 bridgehead atoms. The third kappa shape index (κ3) is 3.42. The first kappa shape index (κ1) is 15.1. The van der Waals surface area contributed by atoms with E-state index in [-0.39, 0.29) is 33.6 Å². The predicted octanol–water partition coefficient (Wildman–Crippen LogP) is 3.98. The zero-order chi connectivity index (χ0) is 15.6. The molecule has 6 nitrogen and oxygen atoms in total. The number of nitro groups is 1. The number of halogens is 2. The van der Waals surface area contributed by atoms with E-state index in [0.717, 1.165) is 0 Å². The van der Waals surface area contributed by atoms with E-state index in [1.54, 1.807) is 0 Å². The van der Waals surface area contributed by atoms with Crippen LogP contribution in [0.4, 0.5) is 5.69 Å². The molecule has 0 aliphatic rings. The van der Waals surface area contributed by atoms with E-state index in [1.165, 1.54) is 36.4 Å². The van der Waals surface area contributed by atoms with Gasteiger partial charge in [0, 0.05) is 16.1 Å². The molecule has 2 rings (SSSR count). The Balaban J connectivity index is 2.48. The van der Waals surface area contributed by atoms with Crippen LogP contribution in [0.3, 0.4) is 0 Å². The first-order valence-electron chi connectivity index (χ1n) is 5.64. The lowest BCUT2D eigenvalue weighted by molar-refractivity contribution is -0.385. The van der Waals surface area contributed by atoms with Gasteiger partial charge in [-0.05, 0) is 30.3 Å². The Morgan fingerprint density at radius 2 is 1.71 bits per heavy atom. The van der Waals surface area contributed by atoms with Crippen molar-refractivity contribution in [2.45, 2.75) is 0 Å². The van der Waals surface area contributed by atoms with Gasteiger partial charge in [0.1, 0.15) is 11.6 Å². The normalized spacial score (nSPS) is 10.2. The zero-order valence-corrected chi connectivity index (χ0v) is 12.0. The number of nitro benzene ring substituents is 1. The molecule has 0 aliphatic heterocycles. The van der Waals surface area contributed by atoms with Crippen molar-refractivity contribution >= 4 is 34.7 Å². The van der Waals surface area contributed by atoms with Crippen LogP contribution in [0.5, 0.6) is 11.5 Å².